The average molecular weight is 240 g/mol. The van der Waals surface area contributed by atoms with Gasteiger partial charge in [0.1, 0.15) is 0 Å². The number of hydrogen-bond acceptors (Lipinski definition) is 2. The van der Waals surface area contributed by atoms with Crippen LogP contribution >= 0.6 is 0 Å². The quantitative estimate of drug-likeness (QED) is 0.850. The molecule has 94 valence electrons. The molecule has 0 amide bonds. The van der Waals surface area contributed by atoms with E-state index >= 15 is 0 Å². The number of benzene rings is 1. The zero-order valence-corrected chi connectivity index (χ0v) is 10.3. The predicted octanol–water partition coefficient (Wildman–Crippen LogP) is 1.99. The van der Waals surface area contributed by atoms with E-state index in [1.165, 1.54) is 6.07 Å². The molecule has 1 saturated heterocycles. The van der Waals surface area contributed by atoms with Gasteiger partial charge in [0.15, 0.2) is 11.6 Å². The minimum atomic E-state index is -0.738. The van der Waals surface area contributed by atoms with Gasteiger partial charge in [0.05, 0.1) is 0 Å². The van der Waals surface area contributed by atoms with Gasteiger partial charge >= 0.3 is 0 Å². The van der Waals surface area contributed by atoms with Gasteiger partial charge in [0, 0.05) is 38.3 Å². The summed E-state index contributed by atoms with van der Waals surface area (Å²) in [4.78, 5) is 2.15. The number of piperazine rings is 1. The van der Waals surface area contributed by atoms with Gasteiger partial charge in [-0.1, -0.05) is 0 Å². The van der Waals surface area contributed by atoms with Crippen molar-refractivity contribution in [3.05, 3.63) is 34.4 Å². The lowest BCUT2D eigenvalue weighted by Crippen LogP contribution is -2.43. The van der Waals surface area contributed by atoms with Crippen molar-refractivity contribution < 1.29 is 8.78 Å². The van der Waals surface area contributed by atoms with Gasteiger partial charge in [-0.05, 0) is 31.0 Å². The molecular weight excluding hydrogens is 222 g/mol. The molecule has 1 fully saturated rings. The fourth-order valence-electron chi connectivity index (χ4n) is 2.19. The van der Waals surface area contributed by atoms with E-state index in [0.29, 0.717) is 12.1 Å². The number of rotatable bonds is 2. The minimum Gasteiger partial charge on any atom is -0.314 e. The van der Waals surface area contributed by atoms with Crippen LogP contribution in [0.5, 0.6) is 0 Å². The van der Waals surface area contributed by atoms with Crippen LogP contribution in [-0.4, -0.2) is 31.1 Å². The Morgan fingerprint density at radius 1 is 1.24 bits per heavy atom. The summed E-state index contributed by atoms with van der Waals surface area (Å²) >= 11 is 0. The highest BCUT2D eigenvalue weighted by molar-refractivity contribution is 5.35. The normalized spacial score (nSPS) is 17.4. The van der Waals surface area contributed by atoms with Crippen molar-refractivity contribution in [2.75, 3.05) is 26.2 Å². The van der Waals surface area contributed by atoms with E-state index in [1.54, 1.807) is 0 Å². The summed E-state index contributed by atoms with van der Waals surface area (Å²) in [6.45, 7) is 7.76. The van der Waals surface area contributed by atoms with Crippen LogP contribution in [0.25, 0.3) is 0 Å². The molecule has 1 N–H and O–H groups in total. The maximum absolute atomic E-state index is 13.8. The molecule has 0 bridgehead atoms. The molecule has 17 heavy (non-hydrogen) atoms. The van der Waals surface area contributed by atoms with Crippen LogP contribution in [0.15, 0.2) is 6.07 Å². The largest absolute Gasteiger partial charge is 0.314 e. The molecule has 0 saturated carbocycles. The van der Waals surface area contributed by atoms with E-state index in [9.17, 15) is 8.78 Å². The third-order valence-corrected chi connectivity index (χ3v) is 3.45. The Bertz CT molecular complexity index is 386. The second-order valence-corrected chi connectivity index (χ2v) is 4.62. The number of halogens is 2. The number of aryl methyl sites for hydroxylation is 1. The summed E-state index contributed by atoms with van der Waals surface area (Å²) in [6.07, 6.45) is 0. The van der Waals surface area contributed by atoms with Crippen LogP contribution in [0.3, 0.4) is 0 Å². The van der Waals surface area contributed by atoms with E-state index < -0.39 is 11.6 Å². The highest BCUT2D eigenvalue weighted by atomic mass is 19.2. The summed E-state index contributed by atoms with van der Waals surface area (Å²) in [7, 11) is 0. The average Bonchev–Trinajstić information content (AvgIpc) is 2.33. The molecule has 0 atom stereocenters. The van der Waals surface area contributed by atoms with Crippen LogP contribution in [0.2, 0.25) is 0 Å². The molecular formula is C13H18F2N2. The SMILES string of the molecule is Cc1cc(F)c(F)c(CN2CCNCC2)c1C. The van der Waals surface area contributed by atoms with Gasteiger partial charge < -0.3 is 5.32 Å². The Kier molecular flexibility index (Phi) is 3.74. The van der Waals surface area contributed by atoms with Crippen molar-refractivity contribution >= 4 is 0 Å². The first-order valence-corrected chi connectivity index (χ1v) is 5.96. The summed E-state index contributed by atoms with van der Waals surface area (Å²) in [5.41, 5.74) is 2.18. The van der Waals surface area contributed by atoms with Gasteiger partial charge in [-0.25, -0.2) is 8.78 Å². The van der Waals surface area contributed by atoms with Gasteiger partial charge in [0.25, 0.3) is 0 Å². The molecule has 1 aromatic rings. The Labute approximate surface area is 101 Å². The fourth-order valence-corrected chi connectivity index (χ4v) is 2.19. The van der Waals surface area contributed by atoms with Crippen molar-refractivity contribution in [3.63, 3.8) is 0 Å². The highest BCUT2D eigenvalue weighted by Crippen LogP contribution is 2.22. The Morgan fingerprint density at radius 3 is 2.53 bits per heavy atom. The van der Waals surface area contributed by atoms with E-state index in [1.807, 2.05) is 13.8 Å². The molecule has 0 unspecified atom stereocenters. The lowest BCUT2D eigenvalue weighted by atomic mass is 10.0. The van der Waals surface area contributed by atoms with Gasteiger partial charge in [-0.2, -0.15) is 0 Å². The zero-order valence-electron chi connectivity index (χ0n) is 10.3. The second kappa shape index (κ2) is 5.10. The monoisotopic (exact) mass is 240 g/mol. The fraction of sp³-hybridized carbons (Fsp3) is 0.538. The molecule has 0 radical (unpaired) electrons. The second-order valence-electron chi connectivity index (χ2n) is 4.62. The van der Waals surface area contributed by atoms with Crippen LogP contribution < -0.4 is 5.32 Å². The molecule has 0 spiro atoms. The van der Waals surface area contributed by atoms with Crippen LogP contribution in [0.4, 0.5) is 8.78 Å². The molecule has 0 aliphatic carbocycles. The molecule has 2 rings (SSSR count). The first-order chi connectivity index (χ1) is 8.09. The van der Waals surface area contributed by atoms with Gasteiger partial charge in [-0.15, -0.1) is 0 Å². The molecule has 1 aromatic carbocycles. The molecule has 2 nitrogen and oxygen atoms in total. The third kappa shape index (κ3) is 2.64. The van der Waals surface area contributed by atoms with Gasteiger partial charge in [-0.3, -0.25) is 4.90 Å². The number of nitrogens with zero attached hydrogens (tertiary/aromatic N) is 1. The lowest BCUT2D eigenvalue weighted by Gasteiger charge is -2.28. The van der Waals surface area contributed by atoms with Crippen LogP contribution in [-0.2, 0) is 6.54 Å². The van der Waals surface area contributed by atoms with Crippen LogP contribution in [0, 0.1) is 25.5 Å². The van der Waals surface area contributed by atoms with Crippen molar-refractivity contribution in [3.8, 4) is 0 Å². The standard InChI is InChI=1S/C13H18F2N2/c1-9-7-12(14)13(15)11(10(9)2)8-17-5-3-16-4-6-17/h7,16H,3-6,8H2,1-2H3. The summed E-state index contributed by atoms with van der Waals surface area (Å²) in [5, 5.41) is 3.24. The Hall–Kier alpha value is -1.00. The van der Waals surface area contributed by atoms with Crippen LogP contribution in [0.1, 0.15) is 16.7 Å². The predicted molar refractivity (Wildman–Crippen MR) is 64.0 cm³/mol. The molecule has 1 aliphatic heterocycles. The molecule has 1 aliphatic rings. The summed E-state index contributed by atoms with van der Waals surface area (Å²) < 4.78 is 27.1. The molecule has 4 heteroatoms. The van der Waals surface area contributed by atoms with Crippen molar-refractivity contribution in [1.29, 1.82) is 0 Å². The number of nitrogens with one attached hydrogen (secondary N) is 1. The summed E-state index contributed by atoms with van der Waals surface area (Å²) in [6, 6.07) is 1.27. The topological polar surface area (TPSA) is 15.3 Å². The van der Waals surface area contributed by atoms with E-state index in [2.05, 4.69) is 10.2 Å². The number of hydrogen-bond donors (Lipinski definition) is 1. The van der Waals surface area contributed by atoms with Crippen molar-refractivity contribution in [2.45, 2.75) is 20.4 Å². The zero-order chi connectivity index (χ0) is 12.4. The smallest absolute Gasteiger partial charge is 0.163 e. The van der Waals surface area contributed by atoms with E-state index in [-0.39, 0.29) is 0 Å². The van der Waals surface area contributed by atoms with E-state index in [4.69, 9.17) is 0 Å². The Balaban J connectivity index is 2.24. The molecule has 1 heterocycles. The Morgan fingerprint density at radius 2 is 1.88 bits per heavy atom. The highest BCUT2D eigenvalue weighted by Gasteiger charge is 2.18. The maximum Gasteiger partial charge on any atom is 0.163 e. The lowest BCUT2D eigenvalue weighted by molar-refractivity contribution is 0.229. The maximum atomic E-state index is 13.8. The first kappa shape index (κ1) is 12.5. The third-order valence-electron chi connectivity index (χ3n) is 3.45. The summed E-state index contributed by atoms with van der Waals surface area (Å²) in [5.74, 6) is -1.43. The van der Waals surface area contributed by atoms with E-state index in [0.717, 1.165) is 37.3 Å². The van der Waals surface area contributed by atoms with Crippen molar-refractivity contribution in [2.24, 2.45) is 0 Å². The molecule has 0 aromatic heterocycles. The van der Waals surface area contributed by atoms with Crippen molar-refractivity contribution in [1.82, 2.24) is 10.2 Å². The first-order valence-electron chi connectivity index (χ1n) is 5.96. The van der Waals surface area contributed by atoms with Gasteiger partial charge in [0.2, 0.25) is 0 Å². The minimum absolute atomic E-state index is 0.498.